The number of aliphatic hydroxyl groups excluding tert-OH is 1. The predicted octanol–water partition coefficient (Wildman–Crippen LogP) is 0.120. The van der Waals surface area contributed by atoms with Crippen molar-refractivity contribution in [2.75, 3.05) is 13.1 Å². The topological polar surface area (TPSA) is 58.3 Å². The third-order valence-corrected chi connectivity index (χ3v) is 0.766. The summed E-state index contributed by atoms with van der Waals surface area (Å²) in [6.45, 7) is 1.40. The molecule has 0 spiro atoms. The van der Waals surface area contributed by atoms with Crippen molar-refractivity contribution in [1.29, 1.82) is 0 Å². The highest BCUT2D eigenvalue weighted by molar-refractivity contribution is 4.81. The predicted molar refractivity (Wildman–Crippen MR) is 38.0 cm³/mol. The standard InChI is InChI=1S/C6H12N2O/c7-3-1-4-8-5-2-6-9/h1-3,6,8-9H,4-5,7H2. The third-order valence-electron chi connectivity index (χ3n) is 0.766. The van der Waals surface area contributed by atoms with Crippen molar-refractivity contribution in [2.45, 2.75) is 0 Å². The molecule has 0 unspecified atom stereocenters. The Morgan fingerprint density at radius 2 is 2.00 bits per heavy atom. The van der Waals surface area contributed by atoms with Crippen molar-refractivity contribution in [3.05, 3.63) is 24.6 Å². The summed E-state index contributed by atoms with van der Waals surface area (Å²) in [6.07, 6.45) is 5.91. The van der Waals surface area contributed by atoms with E-state index in [1.165, 1.54) is 6.20 Å². The van der Waals surface area contributed by atoms with Crippen LogP contribution in [-0.2, 0) is 0 Å². The van der Waals surface area contributed by atoms with Crippen molar-refractivity contribution in [3.63, 3.8) is 0 Å². The maximum atomic E-state index is 8.16. The highest BCUT2D eigenvalue weighted by atomic mass is 16.2. The van der Waals surface area contributed by atoms with Gasteiger partial charge < -0.3 is 16.2 Å². The summed E-state index contributed by atoms with van der Waals surface area (Å²) in [7, 11) is 0. The fourth-order valence-electron chi connectivity index (χ4n) is 0.371. The Bertz CT molecular complexity index is 87.2. The summed E-state index contributed by atoms with van der Waals surface area (Å²) in [5, 5.41) is 11.1. The van der Waals surface area contributed by atoms with Gasteiger partial charge in [-0.15, -0.1) is 0 Å². The maximum absolute atomic E-state index is 8.16. The first-order chi connectivity index (χ1) is 4.41. The van der Waals surface area contributed by atoms with E-state index < -0.39 is 0 Å². The highest BCUT2D eigenvalue weighted by Crippen LogP contribution is 1.65. The van der Waals surface area contributed by atoms with Crippen LogP contribution in [0.15, 0.2) is 24.6 Å². The molecule has 0 aromatic heterocycles. The van der Waals surface area contributed by atoms with Crippen LogP contribution >= 0.6 is 0 Å². The minimum Gasteiger partial charge on any atom is -0.516 e. The minimum atomic E-state index is 0.668. The smallest absolute Gasteiger partial charge is 0.0764 e. The molecule has 0 aromatic rings. The van der Waals surface area contributed by atoms with E-state index in [1.54, 1.807) is 12.2 Å². The molecule has 0 saturated heterocycles. The molecule has 0 aromatic carbocycles. The van der Waals surface area contributed by atoms with Crippen LogP contribution in [0.1, 0.15) is 0 Å². The largest absolute Gasteiger partial charge is 0.516 e. The van der Waals surface area contributed by atoms with E-state index in [-0.39, 0.29) is 0 Å². The molecule has 0 aliphatic rings. The maximum Gasteiger partial charge on any atom is 0.0764 e. The number of aliphatic hydroxyl groups is 1. The molecule has 0 rings (SSSR count). The van der Waals surface area contributed by atoms with Crippen molar-refractivity contribution in [1.82, 2.24) is 5.32 Å². The Kier molecular flexibility index (Phi) is 6.29. The van der Waals surface area contributed by atoms with Crippen LogP contribution in [0.3, 0.4) is 0 Å². The van der Waals surface area contributed by atoms with Gasteiger partial charge in [0.1, 0.15) is 0 Å². The lowest BCUT2D eigenvalue weighted by molar-refractivity contribution is 0.471. The summed E-state index contributed by atoms with van der Waals surface area (Å²) < 4.78 is 0. The Hall–Kier alpha value is -0.960. The molecular weight excluding hydrogens is 116 g/mol. The van der Waals surface area contributed by atoms with Crippen LogP contribution in [0, 0.1) is 0 Å². The Labute approximate surface area is 54.9 Å². The number of nitrogens with two attached hydrogens (primary N) is 1. The molecule has 0 bridgehead atoms. The first-order valence-electron chi connectivity index (χ1n) is 2.78. The average molecular weight is 128 g/mol. The van der Waals surface area contributed by atoms with E-state index >= 15 is 0 Å². The van der Waals surface area contributed by atoms with Gasteiger partial charge in [0.25, 0.3) is 0 Å². The second kappa shape index (κ2) is 7.04. The summed E-state index contributed by atoms with van der Waals surface area (Å²) in [5.74, 6) is 0. The van der Waals surface area contributed by atoms with Gasteiger partial charge in [-0.25, -0.2) is 0 Å². The summed E-state index contributed by atoms with van der Waals surface area (Å²) in [5.41, 5.74) is 5.06. The second-order valence-corrected chi connectivity index (χ2v) is 1.47. The van der Waals surface area contributed by atoms with Crippen LogP contribution in [0.2, 0.25) is 0 Å². The Morgan fingerprint density at radius 1 is 1.33 bits per heavy atom. The van der Waals surface area contributed by atoms with Crippen molar-refractivity contribution in [2.24, 2.45) is 5.73 Å². The normalized spacial score (nSPS) is 11.6. The molecule has 0 heterocycles. The quantitative estimate of drug-likeness (QED) is 0.372. The van der Waals surface area contributed by atoms with Gasteiger partial charge in [-0.2, -0.15) is 0 Å². The lowest BCUT2D eigenvalue weighted by Gasteiger charge is -1.91. The summed E-state index contributed by atoms with van der Waals surface area (Å²) in [4.78, 5) is 0. The number of hydrogen-bond donors (Lipinski definition) is 3. The van der Waals surface area contributed by atoms with Crippen LogP contribution in [0.5, 0.6) is 0 Å². The first kappa shape index (κ1) is 8.04. The van der Waals surface area contributed by atoms with E-state index in [0.29, 0.717) is 6.54 Å². The van der Waals surface area contributed by atoms with Crippen LogP contribution < -0.4 is 11.1 Å². The van der Waals surface area contributed by atoms with Crippen molar-refractivity contribution in [3.8, 4) is 0 Å². The van der Waals surface area contributed by atoms with Crippen LogP contribution in [-0.4, -0.2) is 18.2 Å². The van der Waals surface area contributed by atoms with Crippen LogP contribution in [0.25, 0.3) is 0 Å². The van der Waals surface area contributed by atoms with Gasteiger partial charge in [0, 0.05) is 13.1 Å². The van der Waals surface area contributed by atoms with Gasteiger partial charge in [0.15, 0.2) is 0 Å². The molecule has 0 saturated carbocycles. The molecule has 0 fully saturated rings. The zero-order valence-corrected chi connectivity index (χ0v) is 5.25. The highest BCUT2D eigenvalue weighted by Gasteiger charge is 1.73. The molecule has 52 valence electrons. The fourth-order valence-corrected chi connectivity index (χ4v) is 0.371. The SMILES string of the molecule is NC=CCNCC=CO. The van der Waals surface area contributed by atoms with Crippen molar-refractivity contribution >= 4 is 0 Å². The number of nitrogens with one attached hydrogen (secondary N) is 1. The van der Waals surface area contributed by atoms with Gasteiger partial charge in [-0.3, -0.25) is 0 Å². The molecular formula is C6H12N2O. The molecule has 9 heavy (non-hydrogen) atoms. The van der Waals surface area contributed by atoms with E-state index in [9.17, 15) is 0 Å². The fraction of sp³-hybridized carbons (Fsp3) is 0.333. The third kappa shape index (κ3) is 7.04. The Balaban J connectivity index is 2.91. The molecule has 3 nitrogen and oxygen atoms in total. The average Bonchev–Trinajstić information content (AvgIpc) is 1.89. The van der Waals surface area contributed by atoms with Gasteiger partial charge in [0.2, 0.25) is 0 Å². The zero-order valence-electron chi connectivity index (χ0n) is 5.25. The second-order valence-electron chi connectivity index (χ2n) is 1.47. The minimum absolute atomic E-state index is 0.668. The van der Waals surface area contributed by atoms with E-state index in [2.05, 4.69) is 5.32 Å². The van der Waals surface area contributed by atoms with Crippen LogP contribution in [0.4, 0.5) is 0 Å². The zero-order chi connectivity index (χ0) is 6.95. The molecule has 0 aliphatic heterocycles. The molecule has 0 amide bonds. The first-order valence-corrected chi connectivity index (χ1v) is 2.78. The van der Waals surface area contributed by atoms with Gasteiger partial charge in [-0.05, 0) is 12.3 Å². The lowest BCUT2D eigenvalue weighted by atomic mass is 10.5. The van der Waals surface area contributed by atoms with Crippen molar-refractivity contribution < 1.29 is 5.11 Å². The molecule has 3 heteroatoms. The number of rotatable bonds is 4. The van der Waals surface area contributed by atoms with E-state index in [0.717, 1.165) is 12.8 Å². The molecule has 0 atom stereocenters. The summed E-state index contributed by atoms with van der Waals surface area (Å²) >= 11 is 0. The van der Waals surface area contributed by atoms with Gasteiger partial charge >= 0.3 is 0 Å². The lowest BCUT2D eigenvalue weighted by Crippen LogP contribution is -2.13. The molecule has 0 aliphatic carbocycles. The molecule has 0 radical (unpaired) electrons. The Morgan fingerprint density at radius 3 is 2.56 bits per heavy atom. The van der Waals surface area contributed by atoms with E-state index in [4.69, 9.17) is 10.8 Å². The van der Waals surface area contributed by atoms with Gasteiger partial charge in [-0.1, -0.05) is 6.08 Å². The van der Waals surface area contributed by atoms with E-state index in [1.807, 2.05) is 0 Å². The number of hydrogen-bond acceptors (Lipinski definition) is 3. The summed E-state index contributed by atoms with van der Waals surface area (Å²) in [6, 6.07) is 0. The van der Waals surface area contributed by atoms with Gasteiger partial charge in [0.05, 0.1) is 6.26 Å². The monoisotopic (exact) mass is 128 g/mol. The molecule has 4 N–H and O–H groups in total.